The second kappa shape index (κ2) is 8.41. The van der Waals surface area contributed by atoms with Crippen molar-refractivity contribution in [2.24, 2.45) is 5.92 Å². The molecule has 0 spiro atoms. The van der Waals surface area contributed by atoms with Crippen LogP contribution in [-0.4, -0.2) is 56.7 Å². The Kier molecular flexibility index (Phi) is 6.01. The Hall–Kier alpha value is -1.70. The Balaban J connectivity index is 1.39. The number of hydrogen-bond donors (Lipinski definition) is 2. The van der Waals surface area contributed by atoms with Gasteiger partial charge in [-0.15, -0.1) is 0 Å². The Labute approximate surface area is 143 Å². The van der Waals surface area contributed by atoms with E-state index < -0.39 is 0 Å². The second-order valence-corrected chi connectivity index (χ2v) is 7.15. The quantitative estimate of drug-likeness (QED) is 0.825. The van der Waals surface area contributed by atoms with Gasteiger partial charge >= 0.3 is 0 Å². The number of tetrazole rings is 1. The van der Waals surface area contributed by atoms with Gasteiger partial charge < -0.3 is 16.0 Å². The Bertz CT molecular complexity index is 524. The zero-order valence-corrected chi connectivity index (χ0v) is 14.4. The monoisotopic (exact) mass is 335 g/mol. The van der Waals surface area contributed by atoms with Gasteiger partial charge in [0.05, 0.1) is 0 Å². The predicted octanol–water partition coefficient (Wildman–Crippen LogP) is 0.806. The minimum absolute atomic E-state index is 0.0812. The number of nitrogens with zero attached hydrogens (tertiary/aromatic N) is 5. The Morgan fingerprint density at radius 3 is 2.62 bits per heavy atom. The van der Waals surface area contributed by atoms with Crippen molar-refractivity contribution in [3.8, 4) is 0 Å². The van der Waals surface area contributed by atoms with Crippen LogP contribution < -0.4 is 11.1 Å². The number of aromatic nitrogens is 4. The third-order valence-electron chi connectivity index (χ3n) is 5.35. The fourth-order valence-corrected chi connectivity index (χ4v) is 3.93. The number of anilines is 1. The van der Waals surface area contributed by atoms with Crippen LogP contribution >= 0.6 is 0 Å². The highest BCUT2D eigenvalue weighted by Crippen LogP contribution is 2.26. The first-order chi connectivity index (χ1) is 11.7. The molecule has 0 unspecified atom stereocenters. The van der Waals surface area contributed by atoms with Gasteiger partial charge in [0, 0.05) is 19.1 Å². The molecule has 1 aromatic heterocycles. The summed E-state index contributed by atoms with van der Waals surface area (Å²) < 4.78 is 1.31. The van der Waals surface area contributed by atoms with E-state index in [9.17, 15) is 4.79 Å². The molecule has 134 valence electrons. The summed E-state index contributed by atoms with van der Waals surface area (Å²) in [5, 5.41) is 13.7. The van der Waals surface area contributed by atoms with Crippen LogP contribution in [0.4, 0.5) is 5.95 Å². The van der Waals surface area contributed by atoms with Crippen molar-refractivity contribution in [1.82, 2.24) is 30.4 Å². The van der Waals surface area contributed by atoms with E-state index >= 15 is 0 Å². The van der Waals surface area contributed by atoms with Crippen LogP contribution in [0.1, 0.15) is 51.4 Å². The number of amides is 1. The SMILES string of the molecule is Nc1nnnn1CC(=O)NC[C@@H]1CCN(C2CCCCCCC2)C1. The predicted molar refractivity (Wildman–Crippen MR) is 91.0 cm³/mol. The summed E-state index contributed by atoms with van der Waals surface area (Å²) in [7, 11) is 0. The number of carbonyl (C=O) groups is 1. The van der Waals surface area contributed by atoms with E-state index in [0.717, 1.165) is 19.1 Å². The van der Waals surface area contributed by atoms with E-state index in [1.165, 1.54) is 62.6 Å². The third-order valence-corrected chi connectivity index (χ3v) is 5.35. The van der Waals surface area contributed by atoms with Crippen LogP contribution in [0.3, 0.4) is 0 Å². The summed E-state index contributed by atoms with van der Waals surface area (Å²) in [6.45, 7) is 3.09. The molecule has 0 radical (unpaired) electrons. The zero-order valence-electron chi connectivity index (χ0n) is 14.4. The van der Waals surface area contributed by atoms with E-state index in [1.54, 1.807) is 0 Å². The van der Waals surface area contributed by atoms with E-state index in [2.05, 4.69) is 25.7 Å². The molecule has 3 rings (SSSR count). The van der Waals surface area contributed by atoms with Crippen LogP contribution in [0.5, 0.6) is 0 Å². The van der Waals surface area contributed by atoms with Crippen molar-refractivity contribution < 1.29 is 4.79 Å². The minimum atomic E-state index is -0.0848. The van der Waals surface area contributed by atoms with E-state index in [4.69, 9.17) is 5.73 Å². The van der Waals surface area contributed by atoms with Crippen LogP contribution in [0.25, 0.3) is 0 Å². The molecule has 24 heavy (non-hydrogen) atoms. The first-order valence-electron chi connectivity index (χ1n) is 9.25. The molecule has 0 bridgehead atoms. The van der Waals surface area contributed by atoms with E-state index in [-0.39, 0.29) is 18.4 Å². The summed E-state index contributed by atoms with van der Waals surface area (Å²) >= 11 is 0. The molecule has 2 heterocycles. The van der Waals surface area contributed by atoms with Crippen molar-refractivity contribution in [2.75, 3.05) is 25.4 Å². The maximum Gasteiger partial charge on any atom is 0.241 e. The Morgan fingerprint density at radius 1 is 1.17 bits per heavy atom. The van der Waals surface area contributed by atoms with Gasteiger partial charge in [0.2, 0.25) is 11.9 Å². The van der Waals surface area contributed by atoms with Gasteiger partial charge in [0.15, 0.2) is 0 Å². The molecule has 3 N–H and O–H groups in total. The number of hydrogen-bond acceptors (Lipinski definition) is 6. The van der Waals surface area contributed by atoms with Gasteiger partial charge in [0.1, 0.15) is 6.54 Å². The molecule has 1 aliphatic heterocycles. The van der Waals surface area contributed by atoms with Crippen molar-refractivity contribution in [3.63, 3.8) is 0 Å². The minimum Gasteiger partial charge on any atom is -0.367 e. The average molecular weight is 335 g/mol. The molecule has 8 nitrogen and oxygen atoms in total. The molecule has 1 saturated carbocycles. The van der Waals surface area contributed by atoms with Crippen molar-refractivity contribution >= 4 is 11.9 Å². The van der Waals surface area contributed by atoms with Crippen LogP contribution in [0.2, 0.25) is 0 Å². The summed E-state index contributed by atoms with van der Waals surface area (Å²) in [5.41, 5.74) is 5.57. The molecule has 1 atom stereocenters. The highest BCUT2D eigenvalue weighted by atomic mass is 16.2. The van der Waals surface area contributed by atoms with Crippen LogP contribution in [-0.2, 0) is 11.3 Å². The van der Waals surface area contributed by atoms with Crippen molar-refractivity contribution in [1.29, 1.82) is 0 Å². The van der Waals surface area contributed by atoms with Crippen molar-refractivity contribution in [2.45, 2.75) is 64.0 Å². The first-order valence-corrected chi connectivity index (χ1v) is 9.25. The van der Waals surface area contributed by atoms with Crippen molar-refractivity contribution in [3.05, 3.63) is 0 Å². The van der Waals surface area contributed by atoms with Gasteiger partial charge in [-0.2, -0.15) is 0 Å². The number of nitrogen functional groups attached to an aromatic ring is 1. The largest absolute Gasteiger partial charge is 0.367 e. The average Bonchev–Trinajstić information content (AvgIpc) is 3.15. The lowest BCUT2D eigenvalue weighted by Crippen LogP contribution is -2.36. The molecular formula is C16H29N7O. The smallest absolute Gasteiger partial charge is 0.241 e. The normalized spacial score (nSPS) is 23.8. The molecule has 8 heteroatoms. The zero-order chi connectivity index (χ0) is 16.8. The molecule has 1 aliphatic carbocycles. The van der Waals surface area contributed by atoms with E-state index in [0.29, 0.717) is 5.92 Å². The van der Waals surface area contributed by atoms with Gasteiger partial charge in [-0.3, -0.25) is 4.79 Å². The number of nitrogens with two attached hydrogens (primary N) is 1. The number of nitrogens with one attached hydrogen (secondary N) is 1. The van der Waals surface area contributed by atoms with Gasteiger partial charge in [-0.25, -0.2) is 4.68 Å². The standard InChI is InChI=1S/C16H29N7O/c17-16-19-20-21-23(16)12-15(24)18-10-13-8-9-22(11-13)14-6-4-2-1-3-5-7-14/h13-14H,1-12H2,(H,18,24)(H2,17,19,21)/t13-/m0/s1. The topological polar surface area (TPSA) is 102 Å². The first kappa shape index (κ1) is 17.1. The number of carbonyl (C=O) groups excluding carboxylic acids is 1. The summed E-state index contributed by atoms with van der Waals surface area (Å²) in [6.07, 6.45) is 10.8. The molecule has 2 fully saturated rings. The summed E-state index contributed by atoms with van der Waals surface area (Å²) in [6, 6.07) is 0.757. The molecule has 1 saturated heterocycles. The van der Waals surface area contributed by atoms with Crippen LogP contribution in [0, 0.1) is 5.92 Å². The highest BCUT2D eigenvalue weighted by Gasteiger charge is 2.28. The fraction of sp³-hybridized carbons (Fsp3) is 0.875. The van der Waals surface area contributed by atoms with Gasteiger partial charge in [-0.05, 0) is 42.2 Å². The number of likely N-dealkylation sites (tertiary alicyclic amines) is 1. The molecule has 1 amide bonds. The summed E-state index contributed by atoms with van der Waals surface area (Å²) in [5.74, 6) is 0.630. The molecule has 1 aromatic rings. The van der Waals surface area contributed by atoms with E-state index in [1.807, 2.05) is 0 Å². The number of rotatable bonds is 5. The molecular weight excluding hydrogens is 306 g/mol. The fourth-order valence-electron chi connectivity index (χ4n) is 3.93. The lowest BCUT2D eigenvalue weighted by molar-refractivity contribution is -0.122. The molecule has 2 aliphatic rings. The van der Waals surface area contributed by atoms with Gasteiger partial charge in [-0.1, -0.05) is 37.2 Å². The van der Waals surface area contributed by atoms with Gasteiger partial charge in [0.25, 0.3) is 0 Å². The lowest BCUT2D eigenvalue weighted by Gasteiger charge is -2.29. The van der Waals surface area contributed by atoms with Crippen LogP contribution in [0.15, 0.2) is 0 Å². The molecule has 0 aromatic carbocycles. The lowest BCUT2D eigenvalue weighted by atomic mass is 9.96. The maximum atomic E-state index is 12.0. The third kappa shape index (κ3) is 4.66. The Morgan fingerprint density at radius 2 is 1.92 bits per heavy atom. The summed E-state index contributed by atoms with van der Waals surface area (Å²) in [4.78, 5) is 14.6. The highest BCUT2D eigenvalue weighted by molar-refractivity contribution is 5.75. The second-order valence-electron chi connectivity index (χ2n) is 7.15. The maximum absolute atomic E-state index is 12.0.